The molecular formula is C19H22N4O2S. The Morgan fingerprint density at radius 3 is 2.77 bits per heavy atom. The van der Waals surface area contributed by atoms with Gasteiger partial charge < -0.3 is 9.47 Å². The lowest BCUT2D eigenvalue weighted by atomic mass is 10.2. The van der Waals surface area contributed by atoms with Gasteiger partial charge in [-0.1, -0.05) is 0 Å². The minimum absolute atomic E-state index is 0.254. The Morgan fingerprint density at radius 2 is 2.08 bits per heavy atom. The first kappa shape index (κ1) is 17.3. The third kappa shape index (κ3) is 3.67. The van der Waals surface area contributed by atoms with Crippen molar-refractivity contribution in [3.8, 4) is 11.6 Å². The summed E-state index contributed by atoms with van der Waals surface area (Å²) in [5.74, 6) is 3.16. The lowest BCUT2D eigenvalue weighted by Crippen LogP contribution is -2.09. The molecule has 1 aliphatic carbocycles. The molecule has 2 aromatic heterocycles. The van der Waals surface area contributed by atoms with Crippen LogP contribution >= 0.6 is 11.8 Å². The van der Waals surface area contributed by atoms with Crippen molar-refractivity contribution in [2.45, 2.75) is 31.4 Å². The van der Waals surface area contributed by atoms with Gasteiger partial charge in [-0.25, -0.2) is 4.98 Å². The fourth-order valence-electron chi connectivity index (χ4n) is 3.16. The van der Waals surface area contributed by atoms with Crippen molar-refractivity contribution in [1.82, 2.24) is 15.0 Å². The van der Waals surface area contributed by atoms with Crippen LogP contribution in [0.5, 0.6) is 11.6 Å². The van der Waals surface area contributed by atoms with E-state index in [2.05, 4.69) is 19.9 Å². The van der Waals surface area contributed by atoms with E-state index in [1.807, 2.05) is 32.2 Å². The zero-order valence-corrected chi connectivity index (χ0v) is 16.0. The third-order valence-electron chi connectivity index (χ3n) is 4.77. The average molecular weight is 370 g/mol. The number of nitrogens with zero attached hydrogens (tertiary/aromatic N) is 4. The molecule has 0 bridgehead atoms. The van der Waals surface area contributed by atoms with Crippen molar-refractivity contribution in [3.05, 3.63) is 41.6 Å². The van der Waals surface area contributed by atoms with Crippen LogP contribution in [0.15, 0.2) is 29.5 Å². The Bertz CT molecular complexity index is 825. The summed E-state index contributed by atoms with van der Waals surface area (Å²) in [6.07, 6.45) is 4.76. The molecule has 3 atom stereocenters. The number of aryl methyl sites for hydroxylation is 1. The lowest BCUT2D eigenvalue weighted by molar-refractivity contribution is 0.281. The van der Waals surface area contributed by atoms with Crippen molar-refractivity contribution in [2.75, 3.05) is 20.3 Å². The number of rotatable bonds is 6. The van der Waals surface area contributed by atoms with Crippen molar-refractivity contribution in [3.63, 3.8) is 0 Å². The highest BCUT2D eigenvalue weighted by atomic mass is 32.2. The van der Waals surface area contributed by atoms with Gasteiger partial charge in [-0.05, 0) is 32.4 Å². The third-order valence-corrected chi connectivity index (χ3v) is 5.93. The minimum atomic E-state index is 0.254. The van der Waals surface area contributed by atoms with E-state index in [0.717, 1.165) is 40.8 Å². The van der Waals surface area contributed by atoms with Gasteiger partial charge in [0, 0.05) is 29.3 Å². The van der Waals surface area contributed by atoms with Gasteiger partial charge in [0.25, 0.3) is 0 Å². The molecule has 26 heavy (non-hydrogen) atoms. The number of ether oxygens (including phenoxy) is 2. The van der Waals surface area contributed by atoms with E-state index in [9.17, 15) is 0 Å². The first-order valence-electron chi connectivity index (χ1n) is 8.78. The maximum absolute atomic E-state index is 6.12. The van der Waals surface area contributed by atoms with E-state index in [1.54, 1.807) is 25.1 Å². The van der Waals surface area contributed by atoms with Gasteiger partial charge in [-0.15, -0.1) is 11.8 Å². The molecule has 2 aromatic rings. The fraction of sp³-hybridized carbons (Fsp3) is 0.474. The summed E-state index contributed by atoms with van der Waals surface area (Å²) >= 11 is 1.76. The highest BCUT2D eigenvalue weighted by Crippen LogP contribution is 2.47. The zero-order valence-electron chi connectivity index (χ0n) is 15.2. The standard InChI is InChI=1S/C19H22N4O2S/c1-11-20-8-16(18-9-21-12(2)26-18)19(23-11)25-10-13-6-15(13)17-5-4-14(24-3)7-22-17/h4-5,7-8,13,15,18H,6,9-10H2,1-3H3/t13-,15?,18?/m1/s1. The molecule has 1 saturated carbocycles. The van der Waals surface area contributed by atoms with Crippen LogP contribution in [0.2, 0.25) is 0 Å². The van der Waals surface area contributed by atoms with E-state index < -0.39 is 0 Å². The number of methoxy groups -OCH3 is 1. The molecule has 0 radical (unpaired) electrons. The number of aromatic nitrogens is 3. The Balaban J connectivity index is 1.40. The van der Waals surface area contributed by atoms with Gasteiger partial charge in [0.15, 0.2) is 0 Å². The van der Waals surface area contributed by atoms with Gasteiger partial charge in [0.05, 0.1) is 36.8 Å². The number of aliphatic imine (C=N–C) groups is 1. The molecule has 0 aromatic carbocycles. The van der Waals surface area contributed by atoms with Crippen LogP contribution in [-0.4, -0.2) is 40.3 Å². The summed E-state index contributed by atoms with van der Waals surface area (Å²) in [6, 6.07) is 4.00. The first-order valence-corrected chi connectivity index (χ1v) is 9.66. The Morgan fingerprint density at radius 1 is 1.19 bits per heavy atom. The first-order chi connectivity index (χ1) is 12.6. The molecule has 2 aliphatic rings. The Kier molecular flexibility index (Phi) is 4.80. The second-order valence-corrected chi connectivity index (χ2v) is 8.08. The molecule has 1 aliphatic heterocycles. The summed E-state index contributed by atoms with van der Waals surface area (Å²) in [5.41, 5.74) is 2.15. The molecule has 0 saturated heterocycles. The Hall–Kier alpha value is -2.15. The molecule has 136 valence electrons. The fourth-order valence-corrected chi connectivity index (χ4v) is 4.16. The average Bonchev–Trinajstić information content (AvgIpc) is 3.31. The van der Waals surface area contributed by atoms with Gasteiger partial charge >= 0.3 is 0 Å². The SMILES string of the molecule is COc1ccc(C2C[C@@H]2COc2nc(C)ncc2C2CN=C(C)S2)nc1. The van der Waals surface area contributed by atoms with E-state index in [4.69, 9.17) is 9.47 Å². The maximum atomic E-state index is 6.12. The second kappa shape index (κ2) is 7.23. The van der Waals surface area contributed by atoms with Crippen LogP contribution in [0.1, 0.15) is 41.6 Å². The Labute approximate surface area is 157 Å². The van der Waals surface area contributed by atoms with E-state index in [-0.39, 0.29) is 5.25 Å². The summed E-state index contributed by atoms with van der Waals surface area (Å²) in [6.45, 7) is 5.35. The highest BCUT2D eigenvalue weighted by molar-refractivity contribution is 8.14. The summed E-state index contributed by atoms with van der Waals surface area (Å²) in [4.78, 5) is 17.9. The van der Waals surface area contributed by atoms with Gasteiger partial charge in [-0.2, -0.15) is 4.98 Å². The van der Waals surface area contributed by atoms with Gasteiger partial charge in [-0.3, -0.25) is 9.98 Å². The van der Waals surface area contributed by atoms with E-state index in [1.165, 1.54) is 0 Å². The summed E-state index contributed by atoms with van der Waals surface area (Å²) in [7, 11) is 1.65. The van der Waals surface area contributed by atoms with Crippen LogP contribution in [0.3, 0.4) is 0 Å². The molecular weight excluding hydrogens is 348 g/mol. The van der Waals surface area contributed by atoms with Crippen LogP contribution < -0.4 is 9.47 Å². The van der Waals surface area contributed by atoms with Gasteiger partial charge in [0.2, 0.25) is 5.88 Å². The van der Waals surface area contributed by atoms with E-state index in [0.29, 0.717) is 24.3 Å². The van der Waals surface area contributed by atoms with Gasteiger partial charge in [0.1, 0.15) is 11.6 Å². The monoisotopic (exact) mass is 370 g/mol. The largest absolute Gasteiger partial charge is 0.495 e. The normalized spacial score (nSPS) is 24.3. The molecule has 2 unspecified atom stereocenters. The molecule has 0 spiro atoms. The van der Waals surface area contributed by atoms with Crippen LogP contribution in [-0.2, 0) is 0 Å². The van der Waals surface area contributed by atoms with Crippen molar-refractivity contribution < 1.29 is 9.47 Å². The maximum Gasteiger partial charge on any atom is 0.221 e. The zero-order chi connectivity index (χ0) is 18.1. The van der Waals surface area contributed by atoms with Crippen molar-refractivity contribution >= 4 is 16.8 Å². The molecule has 0 N–H and O–H groups in total. The molecule has 1 fully saturated rings. The van der Waals surface area contributed by atoms with Crippen LogP contribution in [0.25, 0.3) is 0 Å². The van der Waals surface area contributed by atoms with Crippen molar-refractivity contribution in [2.24, 2.45) is 10.9 Å². The summed E-state index contributed by atoms with van der Waals surface area (Å²) < 4.78 is 11.3. The highest BCUT2D eigenvalue weighted by Gasteiger charge is 2.40. The molecule has 3 heterocycles. The molecule has 4 rings (SSSR count). The quantitative estimate of drug-likeness (QED) is 0.774. The number of thioether (sulfide) groups is 1. The van der Waals surface area contributed by atoms with Crippen molar-refractivity contribution in [1.29, 1.82) is 0 Å². The van der Waals surface area contributed by atoms with Crippen LogP contribution in [0, 0.1) is 12.8 Å². The predicted molar refractivity (Wildman–Crippen MR) is 102 cm³/mol. The second-order valence-electron chi connectivity index (χ2n) is 6.68. The molecule has 6 nitrogen and oxygen atoms in total. The predicted octanol–water partition coefficient (Wildman–Crippen LogP) is 3.58. The topological polar surface area (TPSA) is 69.5 Å². The molecule has 0 amide bonds. The number of hydrogen-bond donors (Lipinski definition) is 0. The minimum Gasteiger partial charge on any atom is -0.495 e. The lowest BCUT2D eigenvalue weighted by Gasteiger charge is -2.14. The van der Waals surface area contributed by atoms with E-state index >= 15 is 0 Å². The number of hydrogen-bond acceptors (Lipinski definition) is 7. The molecule has 7 heteroatoms. The number of pyridine rings is 1. The van der Waals surface area contributed by atoms with Crippen LogP contribution in [0.4, 0.5) is 0 Å². The smallest absolute Gasteiger partial charge is 0.221 e. The summed E-state index contributed by atoms with van der Waals surface area (Å²) in [5, 5.41) is 1.36.